The highest BCUT2D eigenvalue weighted by Gasteiger charge is 2.37. The molecule has 5 nitrogen and oxygen atoms in total. The van der Waals surface area contributed by atoms with Crippen molar-refractivity contribution in [1.82, 2.24) is 0 Å². The van der Waals surface area contributed by atoms with Gasteiger partial charge in [0.25, 0.3) is 0 Å². The summed E-state index contributed by atoms with van der Waals surface area (Å²) in [6.07, 6.45) is -0.0370. The Balaban J connectivity index is 2.28. The van der Waals surface area contributed by atoms with Crippen molar-refractivity contribution in [1.29, 1.82) is 0 Å². The van der Waals surface area contributed by atoms with E-state index in [-0.39, 0.29) is 18.9 Å². The van der Waals surface area contributed by atoms with Crippen LogP contribution in [-0.4, -0.2) is 26.1 Å². The van der Waals surface area contributed by atoms with Gasteiger partial charge in [-0.3, -0.25) is 4.79 Å². The van der Waals surface area contributed by atoms with E-state index in [1.165, 1.54) is 4.90 Å². The molecular formula is C13H18N2O3S. The van der Waals surface area contributed by atoms with Gasteiger partial charge in [0.1, 0.15) is 5.25 Å². The van der Waals surface area contributed by atoms with Gasteiger partial charge < -0.3 is 4.90 Å². The van der Waals surface area contributed by atoms with Gasteiger partial charge in [0.15, 0.2) is 0 Å². The van der Waals surface area contributed by atoms with Gasteiger partial charge in [-0.05, 0) is 23.6 Å². The summed E-state index contributed by atoms with van der Waals surface area (Å²) in [5, 5.41) is 4.31. The first-order valence-corrected chi connectivity index (χ1v) is 7.82. The number of hydrogen-bond donors (Lipinski definition) is 1. The Hall–Kier alpha value is -1.40. The lowest BCUT2D eigenvalue weighted by Gasteiger charge is -2.18. The van der Waals surface area contributed by atoms with Crippen molar-refractivity contribution in [3.05, 3.63) is 29.8 Å². The molecule has 1 saturated heterocycles. The highest BCUT2D eigenvalue weighted by molar-refractivity contribution is 7.89. The van der Waals surface area contributed by atoms with Crippen LogP contribution in [0.4, 0.5) is 5.69 Å². The second kappa shape index (κ2) is 4.94. The maximum atomic E-state index is 11.9. The van der Waals surface area contributed by atoms with Crippen LogP contribution in [-0.2, 0) is 14.8 Å². The van der Waals surface area contributed by atoms with Gasteiger partial charge in [-0.15, -0.1) is 0 Å². The van der Waals surface area contributed by atoms with Crippen LogP contribution in [0.5, 0.6) is 0 Å². The average Bonchev–Trinajstić information content (AvgIpc) is 2.71. The van der Waals surface area contributed by atoms with Crippen LogP contribution in [0.3, 0.4) is 0 Å². The summed E-state index contributed by atoms with van der Waals surface area (Å²) < 4.78 is 22.7. The molecule has 104 valence electrons. The Morgan fingerprint density at radius 2 is 2.05 bits per heavy atom. The number of sulfonamides is 1. The second-order valence-electron chi connectivity index (χ2n) is 5.17. The number of rotatable bonds is 3. The maximum Gasteiger partial charge on any atom is 0.228 e. The van der Waals surface area contributed by atoms with Crippen LogP contribution < -0.4 is 10.0 Å². The standard InChI is InChI=1S/C13H18N2O3S/c1-9(2)10-4-3-5-11(6-10)15-8-12(7-13(15)16)19(14,17)18/h3-6,9,12H,7-8H2,1-2H3,(H2,14,17,18). The van der Waals surface area contributed by atoms with E-state index in [9.17, 15) is 13.2 Å². The van der Waals surface area contributed by atoms with Crippen molar-refractivity contribution in [2.45, 2.75) is 31.4 Å². The van der Waals surface area contributed by atoms with Gasteiger partial charge in [-0.2, -0.15) is 0 Å². The number of carbonyl (C=O) groups excluding carboxylic acids is 1. The summed E-state index contributed by atoms with van der Waals surface area (Å²) >= 11 is 0. The topological polar surface area (TPSA) is 80.5 Å². The lowest BCUT2D eigenvalue weighted by Crippen LogP contribution is -2.32. The molecule has 0 aromatic heterocycles. The van der Waals surface area contributed by atoms with Gasteiger partial charge in [0.05, 0.1) is 0 Å². The molecule has 1 fully saturated rings. The molecule has 1 aliphatic rings. The van der Waals surface area contributed by atoms with E-state index >= 15 is 0 Å². The molecule has 0 bridgehead atoms. The molecule has 2 N–H and O–H groups in total. The Morgan fingerprint density at radius 1 is 1.37 bits per heavy atom. The van der Waals surface area contributed by atoms with E-state index in [0.29, 0.717) is 5.92 Å². The highest BCUT2D eigenvalue weighted by atomic mass is 32.2. The largest absolute Gasteiger partial charge is 0.311 e. The number of benzene rings is 1. The fourth-order valence-electron chi connectivity index (χ4n) is 2.20. The van der Waals surface area contributed by atoms with E-state index in [1.54, 1.807) is 0 Å². The van der Waals surface area contributed by atoms with Crippen molar-refractivity contribution in [2.75, 3.05) is 11.4 Å². The van der Waals surface area contributed by atoms with Crippen molar-refractivity contribution >= 4 is 21.6 Å². The van der Waals surface area contributed by atoms with Gasteiger partial charge in [0, 0.05) is 18.7 Å². The van der Waals surface area contributed by atoms with Gasteiger partial charge >= 0.3 is 0 Å². The van der Waals surface area contributed by atoms with Crippen molar-refractivity contribution in [3.63, 3.8) is 0 Å². The van der Waals surface area contributed by atoms with Gasteiger partial charge in [0.2, 0.25) is 15.9 Å². The van der Waals surface area contributed by atoms with Gasteiger partial charge in [-0.25, -0.2) is 13.6 Å². The van der Waals surface area contributed by atoms with E-state index < -0.39 is 15.3 Å². The lowest BCUT2D eigenvalue weighted by atomic mass is 10.0. The molecule has 1 aromatic carbocycles. The van der Waals surface area contributed by atoms with Crippen molar-refractivity contribution in [3.8, 4) is 0 Å². The number of amides is 1. The zero-order chi connectivity index (χ0) is 14.2. The third kappa shape index (κ3) is 2.96. The van der Waals surface area contributed by atoms with E-state index in [4.69, 9.17) is 5.14 Å². The summed E-state index contributed by atoms with van der Waals surface area (Å²) in [5.41, 5.74) is 1.85. The number of nitrogens with zero attached hydrogens (tertiary/aromatic N) is 1. The first-order chi connectivity index (χ1) is 8.79. The molecule has 1 atom stereocenters. The van der Waals surface area contributed by atoms with E-state index in [1.807, 2.05) is 24.3 Å². The molecular weight excluding hydrogens is 264 g/mol. The molecule has 6 heteroatoms. The Morgan fingerprint density at radius 3 is 2.58 bits per heavy atom. The summed E-state index contributed by atoms with van der Waals surface area (Å²) in [7, 11) is -3.67. The number of hydrogen-bond acceptors (Lipinski definition) is 3. The maximum absolute atomic E-state index is 11.9. The molecule has 1 amide bonds. The predicted molar refractivity (Wildman–Crippen MR) is 74.4 cm³/mol. The normalized spacial score (nSPS) is 20.3. The highest BCUT2D eigenvalue weighted by Crippen LogP contribution is 2.27. The van der Waals surface area contributed by atoms with Crippen molar-refractivity contribution < 1.29 is 13.2 Å². The minimum absolute atomic E-state index is 0.0370. The summed E-state index contributed by atoms with van der Waals surface area (Å²) in [5.74, 6) is 0.159. The predicted octanol–water partition coefficient (Wildman–Crippen LogP) is 1.20. The Bertz CT molecular complexity index is 596. The van der Waals surface area contributed by atoms with E-state index in [0.717, 1.165) is 11.3 Å². The zero-order valence-corrected chi connectivity index (χ0v) is 11.9. The summed E-state index contributed by atoms with van der Waals surface area (Å²) in [6.45, 7) is 4.27. The van der Waals surface area contributed by atoms with E-state index in [2.05, 4.69) is 13.8 Å². The summed E-state index contributed by atoms with van der Waals surface area (Å²) in [4.78, 5) is 13.4. The second-order valence-corrected chi connectivity index (χ2v) is 7.01. The fraction of sp³-hybridized carbons (Fsp3) is 0.462. The van der Waals surface area contributed by atoms with Crippen LogP contribution in [0.1, 0.15) is 31.7 Å². The molecule has 1 unspecified atom stereocenters. The van der Waals surface area contributed by atoms with Crippen LogP contribution in [0.2, 0.25) is 0 Å². The fourth-order valence-corrected chi connectivity index (χ4v) is 2.93. The van der Waals surface area contributed by atoms with Crippen LogP contribution in [0.25, 0.3) is 0 Å². The van der Waals surface area contributed by atoms with Crippen molar-refractivity contribution in [2.24, 2.45) is 5.14 Å². The molecule has 0 aliphatic carbocycles. The average molecular weight is 282 g/mol. The first-order valence-electron chi connectivity index (χ1n) is 6.21. The SMILES string of the molecule is CC(C)c1cccc(N2CC(S(N)(=O)=O)CC2=O)c1. The molecule has 1 aliphatic heterocycles. The summed E-state index contributed by atoms with van der Waals surface area (Å²) in [6, 6.07) is 7.61. The number of nitrogens with two attached hydrogens (primary N) is 1. The first kappa shape index (κ1) is 14.0. The van der Waals surface area contributed by atoms with Gasteiger partial charge in [-0.1, -0.05) is 26.0 Å². The Kier molecular flexibility index (Phi) is 3.64. The van der Waals surface area contributed by atoms with Crippen LogP contribution in [0.15, 0.2) is 24.3 Å². The zero-order valence-electron chi connectivity index (χ0n) is 11.0. The lowest BCUT2D eigenvalue weighted by molar-refractivity contribution is -0.117. The monoisotopic (exact) mass is 282 g/mol. The quantitative estimate of drug-likeness (QED) is 0.904. The minimum atomic E-state index is -3.67. The molecule has 0 spiro atoms. The molecule has 1 heterocycles. The third-order valence-corrected chi connectivity index (χ3v) is 4.65. The number of primary sulfonamides is 1. The minimum Gasteiger partial charge on any atom is -0.311 e. The van der Waals surface area contributed by atoms with Crippen LogP contribution >= 0.6 is 0 Å². The third-order valence-electron chi connectivity index (χ3n) is 3.40. The number of carbonyl (C=O) groups is 1. The molecule has 19 heavy (non-hydrogen) atoms. The molecule has 0 radical (unpaired) electrons. The smallest absolute Gasteiger partial charge is 0.228 e. The molecule has 2 rings (SSSR count). The number of anilines is 1. The molecule has 0 saturated carbocycles. The molecule has 1 aromatic rings. The Labute approximate surface area is 113 Å². The van der Waals surface area contributed by atoms with Crippen LogP contribution in [0, 0.1) is 0 Å².